The summed E-state index contributed by atoms with van der Waals surface area (Å²) in [6.45, 7) is 1.62. The predicted octanol–water partition coefficient (Wildman–Crippen LogP) is 3.27. The van der Waals surface area contributed by atoms with Gasteiger partial charge in [0.05, 0.1) is 5.92 Å². The number of carboxylic acids is 1. The Bertz CT molecular complexity index is 350. The Morgan fingerprint density at radius 2 is 2.21 bits per heavy atom. The van der Waals surface area contributed by atoms with Crippen LogP contribution in [-0.4, -0.2) is 11.1 Å². The van der Waals surface area contributed by atoms with Crippen LogP contribution in [0.2, 0.25) is 5.02 Å². The fourth-order valence-corrected chi connectivity index (χ4v) is 1.64. The molecule has 0 saturated carbocycles. The van der Waals surface area contributed by atoms with E-state index >= 15 is 0 Å². The lowest BCUT2D eigenvalue weighted by molar-refractivity contribution is -0.138. The monoisotopic (exact) mass is 232 g/mol. The molecule has 0 amide bonds. The van der Waals surface area contributed by atoms with Gasteiger partial charge in [-0.05, 0) is 24.1 Å². The Kier molecular flexibility index (Phi) is 3.78. The summed E-state index contributed by atoms with van der Waals surface area (Å²) < 4.78 is 0. The van der Waals surface area contributed by atoms with Crippen molar-refractivity contribution in [2.45, 2.75) is 18.7 Å². The molecule has 0 saturated heterocycles. The molecule has 2 nitrogen and oxygen atoms in total. The van der Waals surface area contributed by atoms with Crippen LogP contribution in [0.3, 0.4) is 0 Å². The maximum atomic E-state index is 10.7. The number of alkyl halides is 1. The molecule has 0 bridgehead atoms. The summed E-state index contributed by atoms with van der Waals surface area (Å²) >= 11 is 11.5. The van der Waals surface area contributed by atoms with Crippen LogP contribution < -0.4 is 0 Å². The lowest BCUT2D eigenvalue weighted by Gasteiger charge is -2.08. The molecular formula is C10H10Cl2O2. The topological polar surface area (TPSA) is 37.3 Å². The Hall–Kier alpha value is -0.730. The molecule has 1 aromatic rings. The average molecular weight is 233 g/mol. The second-order valence-corrected chi connectivity index (χ2v) is 3.72. The minimum atomic E-state index is -0.861. The summed E-state index contributed by atoms with van der Waals surface area (Å²) in [6, 6.07) is 5.14. The summed E-state index contributed by atoms with van der Waals surface area (Å²) in [5.41, 5.74) is 1.51. The normalized spacial score (nSPS) is 12.5. The molecule has 1 N–H and O–H groups in total. The third-order valence-corrected chi connectivity index (χ3v) is 2.73. The van der Waals surface area contributed by atoms with Crippen molar-refractivity contribution in [2.24, 2.45) is 0 Å². The maximum absolute atomic E-state index is 10.7. The zero-order valence-electron chi connectivity index (χ0n) is 7.63. The lowest BCUT2D eigenvalue weighted by Crippen LogP contribution is -2.07. The number of aliphatic carboxylic acids is 1. The van der Waals surface area contributed by atoms with E-state index in [0.717, 1.165) is 5.56 Å². The van der Waals surface area contributed by atoms with Crippen molar-refractivity contribution in [3.8, 4) is 0 Å². The number of halogens is 2. The highest BCUT2D eigenvalue weighted by molar-refractivity contribution is 6.32. The molecule has 0 heterocycles. The minimum absolute atomic E-state index is 0.334. The van der Waals surface area contributed by atoms with Gasteiger partial charge in [0.2, 0.25) is 0 Å². The van der Waals surface area contributed by atoms with Crippen LogP contribution in [0, 0.1) is 0 Å². The standard InChI is InChI=1S/C10H10Cl2O2/c1-6(10(13)14)7-2-3-8(5-11)9(12)4-7/h2-4,6H,5H2,1H3,(H,13,14). The highest BCUT2D eigenvalue weighted by Gasteiger charge is 2.14. The van der Waals surface area contributed by atoms with Gasteiger partial charge in [-0.15, -0.1) is 11.6 Å². The number of hydrogen-bond acceptors (Lipinski definition) is 1. The van der Waals surface area contributed by atoms with Crippen molar-refractivity contribution in [1.82, 2.24) is 0 Å². The van der Waals surface area contributed by atoms with Crippen LogP contribution in [0.5, 0.6) is 0 Å². The van der Waals surface area contributed by atoms with Crippen LogP contribution in [0.4, 0.5) is 0 Å². The fraction of sp³-hybridized carbons (Fsp3) is 0.300. The van der Waals surface area contributed by atoms with Crippen molar-refractivity contribution in [3.63, 3.8) is 0 Å². The van der Waals surface area contributed by atoms with E-state index in [0.29, 0.717) is 16.5 Å². The molecule has 1 unspecified atom stereocenters. The van der Waals surface area contributed by atoms with E-state index in [1.165, 1.54) is 0 Å². The number of carboxylic acid groups (broad SMARTS) is 1. The molecule has 76 valence electrons. The Labute approximate surface area is 92.5 Å². The largest absolute Gasteiger partial charge is 0.481 e. The molecule has 1 rings (SSSR count). The van der Waals surface area contributed by atoms with Gasteiger partial charge in [-0.1, -0.05) is 23.7 Å². The predicted molar refractivity (Wildman–Crippen MR) is 57.1 cm³/mol. The van der Waals surface area contributed by atoms with E-state index in [4.69, 9.17) is 28.3 Å². The van der Waals surface area contributed by atoms with Crippen molar-refractivity contribution in [3.05, 3.63) is 34.3 Å². The third-order valence-electron chi connectivity index (χ3n) is 2.09. The van der Waals surface area contributed by atoms with Crippen molar-refractivity contribution < 1.29 is 9.90 Å². The van der Waals surface area contributed by atoms with Crippen LogP contribution >= 0.6 is 23.2 Å². The first-order chi connectivity index (χ1) is 6.56. The quantitative estimate of drug-likeness (QED) is 0.813. The highest BCUT2D eigenvalue weighted by Crippen LogP contribution is 2.24. The molecule has 4 heteroatoms. The third kappa shape index (κ3) is 2.40. The Morgan fingerprint density at radius 1 is 1.57 bits per heavy atom. The van der Waals surface area contributed by atoms with E-state index in [1.807, 2.05) is 0 Å². The van der Waals surface area contributed by atoms with E-state index in [9.17, 15) is 4.79 Å². The van der Waals surface area contributed by atoms with Crippen molar-refractivity contribution in [1.29, 1.82) is 0 Å². The Balaban J connectivity index is 3.02. The van der Waals surface area contributed by atoms with Gasteiger partial charge in [-0.25, -0.2) is 0 Å². The van der Waals surface area contributed by atoms with Crippen LogP contribution in [0.1, 0.15) is 24.0 Å². The average Bonchev–Trinajstić information content (AvgIpc) is 2.16. The van der Waals surface area contributed by atoms with Gasteiger partial charge in [0.1, 0.15) is 0 Å². The summed E-state index contributed by atoms with van der Waals surface area (Å²) in [5.74, 6) is -1.07. The van der Waals surface area contributed by atoms with E-state index in [2.05, 4.69) is 0 Å². The van der Waals surface area contributed by atoms with Gasteiger partial charge in [0, 0.05) is 10.9 Å². The van der Waals surface area contributed by atoms with E-state index < -0.39 is 11.9 Å². The lowest BCUT2D eigenvalue weighted by atomic mass is 10.0. The van der Waals surface area contributed by atoms with Crippen molar-refractivity contribution >= 4 is 29.2 Å². The summed E-state index contributed by atoms with van der Waals surface area (Å²) in [7, 11) is 0. The van der Waals surface area contributed by atoms with Crippen LogP contribution in [0.25, 0.3) is 0 Å². The molecular weight excluding hydrogens is 223 g/mol. The molecule has 1 aromatic carbocycles. The van der Waals surface area contributed by atoms with Crippen molar-refractivity contribution in [2.75, 3.05) is 0 Å². The van der Waals surface area contributed by atoms with E-state index in [1.54, 1.807) is 25.1 Å². The second kappa shape index (κ2) is 4.67. The van der Waals surface area contributed by atoms with Gasteiger partial charge >= 0.3 is 5.97 Å². The van der Waals surface area contributed by atoms with Gasteiger partial charge in [-0.2, -0.15) is 0 Å². The first-order valence-electron chi connectivity index (χ1n) is 4.13. The van der Waals surface area contributed by atoms with Crippen LogP contribution in [-0.2, 0) is 10.7 Å². The van der Waals surface area contributed by atoms with Crippen LogP contribution in [0.15, 0.2) is 18.2 Å². The first kappa shape index (κ1) is 11.3. The molecule has 0 fully saturated rings. The molecule has 14 heavy (non-hydrogen) atoms. The summed E-state index contributed by atoms with van der Waals surface area (Å²) in [6.07, 6.45) is 0. The molecule has 0 aliphatic heterocycles. The fourth-order valence-electron chi connectivity index (χ4n) is 1.08. The molecule has 1 atom stereocenters. The smallest absolute Gasteiger partial charge is 0.310 e. The number of hydrogen-bond donors (Lipinski definition) is 1. The second-order valence-electron chi connectivity index (χ2n) is 3.04. The zero-order valence-corrected chi connectivity index (χ0v) is 9.14. The summed E-state index contributed by atoms with van der Waals surface area (Å²) in [5, 5.41) is 9.30. The number of benzene rings is 1. The van der Waals surface area contributed by atoms with Gasteiger partial charge in [-0.3, -0.25) is 4.79 Å². The van der Waals surface area contributed by atoms with Gasteiger partial charge < -0.3 is 5.11 Å². The number of carbonyl (C=O) groups is 1. The van der Waals surface area contributed by atoms with Gasteiger partial charge in [0.15, 0.2) is 0 Å². The molecule has 0 aliphatic rings. The molecule has 0 radical (unpaired) electrons. The van der Waals surface area contributed by atoms with E-state index in [-0.39, 0.29) is 0 Å². The maximum Gasteiger partial charge on any atom is 0.310 e. The van der Waals surface area contributed by atoms with Gasteiger partial charge in [0.25, 0.3) is 0 Å². The zero-order chi connectivity index (χ0) is 10.7. The Morgan fingerprint density at radius 3 is 2.64 bits per heavy atom. The SMILES string of the molecule is CC(C(=O)O)c1ccc(CCl)c(Cl)c1. The summed E-state index contributed by atoms with van der Waals surface area (Å²) in [4.78, 5) is 10.7. The molecule has 0 aromatic heterocycles. The number of rotatable bonds is 3. The molecule has 0 aliphatic carbocycles. The first-order valence-corrected chi connectivity index (χ1v) is 5.04. The molecule has 0 spiro atoms. The minimum Gasteiger partial charge on any atom is -0.481 e. The highest BCUT2D eigenvalue weighted by atomic mass is 35.5.